The molecule has 0 amide bonds. The van der Waals surface area contributed by atoms with Gasteiger partial charge in [-0.05, 0) is 32.9 Å². The highest BCUT2D eigenvalue weighted by Crippen LogP contribution is 2.07. The summed E-state index contributed by atoms with van der Waals surface area (Å²) < 4.78 is 15.6. The van der Waals surface area contributed by atoms with Crippen molar-refractivity contribution in [3.8, 4) is 0 Å². The van der Waals surface area contributed by atoms with Crippen LogP contribution in [0.4, 0.5) is 0 Å². The van der Waals surface area contributed by atoms with Gasteiger partial charge in [0.15, 0.2) is 5.96 Å². The van der Waals surface area contributed by atoms with E-state index in [1.807, 2.05) is 32.9 Å². The molecule has 1 rings (SSSR count). The minimum atomic E-state index is -0.465. The fourth-order valence-corrected chi connectivity index (χ4v) is 1.86. The van der Waals surface area contributed by atoms with Gasteiger partial charge in [-0.25, -0.2) is 0 Å². The zero-order valence-corrected chi connectivity index (χ0v) is 17.8. The largest absolute Gasteiger partial charge is 0.469 e. The van der Waals surface area contributed by atoms with Crippen molar-refractivity contribution in [3.63, 3.8) is 0 Å². The van der Waals surface area contributed by atoms with Gasteiger partial charge in [-0.2, -0.15) is 0 Å². The number of carbonyl (C=O) groups excluding carboxylic acids is 1. The fourth-order valence-electron chi connectivity index (χ4n) is 1.86. The predicted octanol–water partition coefficient (Wildman–Crippen LogP) is 2.35. The Hall–Kier alpha value is -1.29. The minimum Gasteiger partial charge on any atom is -0.469 e. The number of aliphatic imine (C=N–C) groups is 1. The quantitative estimate of drug-likeness (QED) is 0.191. The van der Waals surface area contributed by atoms with E-state index < -0.39 is 5.60 Å². The maximum Gasteiger partial charge on any atom is 0.308 e. The van der Waals surface area contributed by atoms with Crippen molar-refractivity contribution in [2.24, 2.45) is 4.99 Å². The number of esters is 1. The lowest BCUT2D eigenvalue weighted by Gasteiger charge is -2.19. The van der Waals surface area contributed by atoms with Gasteiger partial charge in [0.1, 0.15) is 11.4 Å². The lowest BCUT2D eigenvalue weighted by molar-refractivity contribution is -0.154. The average Bonchev–Trinajstić information content (AvgIpc) is 2.98. The van der Waals surface area contributed by atoms with Crippen molar-refractivity contribution >= 4 is 35.9 Å². The van der Waals surface area contributed by atoms with E-state index >= 15 is 0 Å². The summed E-state index contributed by atoms with van der Waals surface area (Å²) in [5.74, 6) is 1.32. The van der Waals surface area contributed by atoms with Crippen molar-refractivity contribution in [2.45, 2.75) is 39.2 Å². The Labute approximate surface area is 166 Å². The highest BCUT2D eigenvalue weighted by Gasteiger charge is 2.15. The van der Waals surface area contributed by atoms with Crippen molar-refractivity contribution in [2.75, 3.05) is 33.4 Å². The van der Waals surface area contributed by atoms with Crippen LogP contribution < -0.4 is 10.6 Å². The average molecular weight is 467 g/mol. The summed E-state index contributed by atoms with van der Waals surface area (Å²) >= 11 is 0. The molecule has 0 saturated carbocycles. The molecule has 0 unspecified atom stereocenters. The summed E-state index contributed by atoms with van der Waals surface area (Å²) in [7, 11) is 1.63. The third-order valence-electron chi connectivity index (χ3n) is 2.85. The van der Waals surface area contributed by atoms with Crippen LogP contribution in [-0.2, 0) is 20.7 Å². The molecule has 1 aromatic rings. The second-order valence-corrected chi connectivity index (χ2v) is 6.24. The summed E-state index contributed by atoms with van der Waals surface area (Å²) in [5.41, 5.74) is -0.465. The number of furan rings is 1. The summed E-state index contributed by atoms with van der Waals surface area (Å²) in [6.45, 7) is 7.77. The number of rotatable bonds is 9. The second kappa shape index (κ2) is 13.0. The fraction of sp³-hybridized carbons (Fsp3) is 0.647. The van der Waals surface area contributed by atoms with E-state index in [9.17, 15) is 4.79 Å². The van der Waals surface area contributed by atoms with Crippen LogP contribution >= 0.6 is 24.0 Å². The molecule has 0 radical (unpaired) electrons. The molecule has 0 aliphatic carbocycles. The first-order chi connectivity index (χ1) is 11.4. The van der Waals surface area contributed by atoms with Crippen LogP contribution in [0.1, 0.15) is 33.0 Å². The summed E-state index contributed by atoms with van der Waals surface area (Å²) in [6.07, 6.45) is 2.69. The standard InChI is InChI=1S/C17H29N3O4.HI/c1-17(2,3)24-15(21)8-10-19-16(20-11-13-22-4)18-9-7-14-6-5-12-23-14;/h5-6,12H,7-11,13H2,1-4H3,(H2,18,19,20);1H. The van der Waals surface area contributed by atoms with Gasteiger partial charge < -0.3 is 24.5 Å². The van der Waals surface area contributed by atoms with E-state index in [0.29, 0.717) is 32.2 Å². The SMILES string of the molecule is COCCN=C(NCCC(=O)OC(C)(C)C)NCCc1ccco1.I. The molecule has 144 valence electrons. The third-order valence-corrected chi connectivity index (χ3v) is 2.85. The Morgan fingerprint density at radius 2 is 2.00 bits per heavy atom. The number of ether oxygens (including phenoxy) is 2. The molecular formula is C17H30IN3O4. The number of carbonyl (C=O) groups is 1. The zero-order chi connectivity index (χ0) is 17.8. The molecule has 0 spiro atoms. The summed E-state index contributed by atoms with van der Waals surface area (Å²) in [4.78, 5) is 16.1. The minimum absolute atomic E-state index is 0. The summed E-state index contributed by atoms with van der Waals surface area (Å²) in [5, 5.41) is 6.34. The smallest absolute Gasteiger partial charge is 0.308 e. The van der Waals surface area contributed by atoms with Crippen LogP contribution in [0.3, 0.4) is 0 Å². The molecule has 0 aliphatic rings. The molecule has 0 bridgehead atoms. The topological polar surface area (TPSA) is 85.1 Å². The van der Waals surface area contributed by atoms with Crippen LogP contribution in [0.25, 0.3) is 0 Å². The number of methoxy groups -OCH3 is 1. The molecular weight excluding hydrogens is 437 g/mol. The normalized spacial score (nSPS) is 11.6. The predicted molar refractivity (Wildman–Crippen MR) is 108 cm³/mol. The molecule has 0 aromatic carbocycles. The van der Waals surface area contributed by atoms with Gasteiger partial charge in [0.25, 0.3) is 0 Å². The number of hydrogen-bond donors (Lipinski definition) is 2. The molecule has 0 fully saturated rings. The van der Waals surface area contributed by atoms with E-state index in [0.717, 1.165) is 12.2 Å². The van der Waals surface area contributed by atoms with E-state index in [2.05, 4.69) is 15.6 Å². The second-order valence-electron chi connectivity index (χ2n) is 6.24. The van der Waals surface area contributed by atoms with Gasteiger partial charge >= 0.3 is 5.97 Å². The monoisotopic (exact) mass is 467 g/mol. The molecule has 1 aromatic heterocycles. The third kappa shape index (κ3) is 12.7. The van der Waals surface area contributed by atoms with Crippen molar-refractivity contribution in [1.29, 1.82) is 0 Å². The van der Waals surface area contributed by atoms with Gasteiger partial charge in [-0.15, -0.1) is 24.0 Å². The van der Waals surface area contributed by atoms with E-state index in [1.54, 1.807) is 13.4 Å². The molecule has 8 heteroatoms. The Morgan fingerprint density at radius 3 is 2.60 bits per heavy atom. The molecule has 0 atom stereocenters. The lowest BCUT2D eigenvalue weighted by atomic mass is 10.2. The summed E-state index contributed by atoms with van der Waals surface area (Å²) in [6, 6.07) is 3.79. The van der Waals surface area contributed by atoms with Gasteiger partial charge in [0, 0.05) is 26.6 Å². The van der Waals surface area contributed by atoms with E-state index in [-0.39, 0.29) is 36.4 Å². The Balaban J connectivity index is 0.00000576. The molecule has 2 N–H and O–H groups in total. The van der Waals surface area contributed by atoms with E-state index in [1.165, 1.54) is 0 Å². The highest BCUT2D eigenvalue weighted by atomic mass is 127. The van der Waals surface area contributed by atoms with Crippen LogP contribution in [0.2, 0.25) is 0 Å². The molecule has 0 saturated heterocycles. The maximum atomic E-state index is 11.7. The van der Waals surface area contributed by atoms with Crippen LogP contribution in [0.15, 0.2) is 27.8 Å². The van der Waals surface area contributed by atoms with Crippen molar-refractivity contribution < 1.29 is 18.7 Å². The molecule has 7 nitrogen and oxygen atoms in total. The van der Waals surface area contributed by atoms with E-state index in [4.69, 9.17) is 13.9 Å². The first kappa shape index (κ1) is 23.7. The van der Waals surface area contributed by atoms with Crippen LogP contribution in [-0.4, -0.2) is 50.9 Å². The first-order valence-electron chi connectivity index (χ1n) is 8.16. The molecule has 1 heterocycles. The highest BCUT2D eigenvalue weighted by molar-refractivity contribution is 14.0. The maximum absolute atomic E-state index is 11.7. The van der Waals surface area contributed by atoms with Crippen LogP contribution in [0.5, 0.6) is 0 Å². The molecule has 25 heavy (non-hydrogen) atoms. The van der Waals surface area contributed by atoms with Crippen LogP contribution in [0, 0.1) is 0 Å². The number of hydrogen-bond acceptors (Lipinski definition) is 5. The zero-order valence-electron chi connectivity index (χ0n) is 15.5. The Morgan fingerprint density at radius 1 is 1.28 bits per heavy atom. The molecule has 0 aliphatic heterocycles. The van der Waals surface area contributed by atoms with Gasteiger partial charge in [-0.3, -0.25) is 9.79 Å². The van der Waals surface area contributed by atoms with Gasteiger partial charge in [0.2, 0.25) is 0 Å². The Bertz CT molecular complexity index is 498. The number of halogens is 1. The lowest BCUT2D eigenvalue weighted by Crippen LogP contribution is -2.40. The number of nitrogens with one attached hydrogen (secondary N) is 2. The number of guanidine groups is 1. The van der Waals surface area contributed by atoms with Gasteiger partial charge in [0.05, 0.1) is 25.8 Å². The van der Waals surface area contributed by atoms with Gasteiger partial charge in [-0.1, -0.05) is 0 Å². The number of nitrogens with zero attached hydrogens (tertiary/aromatic N) is 1. The van der Waals surface area contributed by atoms with Crippen molar-refractivity contribution in [1.82, 2.24) is 10.6 Å². The van der Waals surface area contributed by atoms with Crippen molar-refractivity contribution in [3.05, 3.63) is 24.2 Å². The Kier molecular flexibility index (Phi) is 12.3. The first-order valence-corrected chi connectivity index (χ1v) is 8.16.